The van der Waals surface area contributed by atoms with Crippen LogP contribution in [-0.4, -0.2) is 18.0 Å². The lowest BCUT2D eigenvalue weighted by Crippen LogP contribution is -2.43. The fourth-order valence-electron chi connectivity index (χ4n) is 1.25. The molecule has 3 nitrogen and oxygen atoms in total. The lowest BCUT2D eigenvalue weighted by Gasteiger charge is -2.24. The first kappa shape index (κ1) is 14.6. The molecule has 0 unspecified atom stereocenters. The van der Waals surface area contributed by atoms with Crippen molar-refractivity contribution in [2.24, 2.45) is 0 Å². The van der Waals surface area contributed by atoms with Crippen molar-refractivity contribution in [3.63, 3.8) is 0 Å². The molecule has 0 aliphatic heterocycles. The van der Waals surface area contributed by atoms with Gasteiger partial charge in [0.25, 0.3) is 0 Å². The molecule has 1 rings (SSSR count). The summed E-state index contributed by atoms with van der Waals surface area (Å²) in [7, 11) is 0. The summed E-state index contributed by atoms with van der Waals surface area (Å²) in [5.41, 5.74) is -0.593. The van der Waals surface area contributed by atoms with Crippen molar-refractivity contribution < 1.29 is 13.6 Å². The molecule has 18 heavy (non-hydrogen) atoms. The van der Waals surface area contributed by atoms with Crippen LogP contribution in [0.1, 0.15) is 27.2 Å². The van der Waals surface area contributed by atoms with Crippen LogP contribution in [0.2, 0.25) is 0 Å². The van der Waals surface area contributed by atoms with E-state index in [1.807, 2.05) is 20.8 Å². The maximum absolute atomic E-state index is 13.3. The molecule has 0 spiro atoms. The summed E-state index contributed by atoms with van der Waals surface area (Å²) in [4.78, 5) is 11.6. The van der Waals surface area contributed by atoms with Gasteiger partial charge in [-0.3, -0.25) is 4.79 Å². The van der Waals surface area contributed by atoms with Crippen LogP contribution in [0.4, 0.5) is 14.5 Å². The molecule has 2 N–H and O–H groups in total. The van der Waals surface area contributed by atoms with Gasteiger partial charge in [0, 0.05) is 5.54 Å². The Hall–Kier alpha value is -1.49. The number of halogens is 2. The number of rotatable bonds is 5. The first-order valence-electron chi connectivity index (χ1n) is 5.84. The first-order valence-corrected chi connectivity index (χ1v) is 5.84. The summed E-state index contributed by atoms with van der Waals surface area (Å²) < 4.78 is 26.6. The van der Waals surface area contributed by atoms with Gasteiger partial charge in [0.1, 0.15) is 17.3 Å². The third-order valence-electron chi connectivity index (χ3n) is 2.84. The van der Waals surface area contributed by atoms with Crippen molar-refractivity contribution in [3.05, 3.63) is 29.8 Å². The van der Waals surface area contributed by atoms with Gasteiger partial charge < -0.3 is 10.6 Å². The number of hydrogen-bond donors (Lipinski definition) is 2. The average Bonchev–Trinajstić information content (AvgIpc) is 2.32. The number of carbonyl (C=O) groups excluding carboxylic acids is 1. The van der Waals surface area contributed by atoms with Gasteiger partial charge in [0.05, 0.1) is 6.54 Å². The standard InChI is InChI=1S/C13H18F2N2O/c1-4-13(2,3)16-8-11(18)17-12-9(14)6-5-7-10(12)15/h5-7,16H,4,8H2,1-3H3,(H,17,18). The molecule has 0 aromatic heterocycles. The van der Waals surface area contributed by atoms with Crippen molar-refractivity contribution >= 4 is 11.6 Å². The van der Waals surface area contributed by atoms with E-state index >= 15 is 0 Å². The Morgan fingerprint density at radius 1 is 1.28 bits per heavy atom. The highest BCUT2D eigenvalue weighted by Gasteiger charge is 2.17. The van der Waals surface area contributed by atoms with Crippen LogP contribution < -0.4 is 10.6 Å². The Morgan fingerprint density at radius 3 is 2.33 bits per heavy atom. The van der Waals surface area contributed by atoms with Gasteiger partial charge in [-0.25, -0.2) is 8.78 Å². The zero-order chi connectivity index (χ0) is 13.8. The summed E-state index contributed by atoms with van der Waals surface area (Å²) >= 11 is 0. The highest BCUT2D eigenvalue weighted by Crippen LogP contribution is 2.17. The van der Waals surface area contributed by atoms with Gasteiger partial charge in [-0.2, -0.15) is 0 Å². The molecule has 5 heteroatoms. The zero-order valence-electron chi connectivity index (χ0n) is 10.8. The van der Waals surface area contributed by atoms with Crippen molar-refractivity contribution in [2.75, 3.05) is 11.9 Å². The van der Waals surface area contributed by atoms with E-state index in [9.17, 15) is 13.6 Å². The molecule has 0 atom stereocenters. The molecule has 100 valence electrons. The molecular formula is C13H18F2N2O. The first-order chi connectivity index (χ1) is 8.35. The van der Waals surface area contributed by atoms with Crippen LogP contribution >= 0.6 is 0 Å². The zero-order valence-corrected chi connectivity index (χ0v) is 10.8. The minimum atomic E-state index is -0.780. The Balaban J connectivity index is 2.61. The van der Waals surface area contributed by atoms with E-state index < -0.39 is 23.2 Å². The molecular weight excluding hydrogens is 238 g/mol. The van der Waals surface area contributed by atoms with Crippen molar-refractivity contribution in [3.8, 4) is 0 Å². The molecule has 0 aliphatic carbocycles. The van der Waals surface area contributed by atoms with Crippen molar-refractivity contribution in [1.29, 1.82) is 0 Å². The molecule has 0 radical (unpaired) electrons. The topological polar surface area (TPSA) is 41.1 Å². The van der Waals surface area contributed by atoms with Gasteiger partial charge in [-0.1, -0.05) is 13.0 Å². The molecule has 1 aromatic rings. The second-order valence-corrected chi connectivity index (χ2v) is 4.74. The van der Waals surface area contributed by atoms with E-state index in [1.54, 1.807) is 0 Å². The summed E-state index contributed by atoms with van der Waals surface area (Å²) in [5.74, 6) is -2.03. The minimum Gasteiger partial charge on any atom is -0.320 e. The number of hydrogen-bond acceptors (Lipinski definition) is 2. The number of nitrogens with one attached hydrogen (secondary N) is 2. The number of anilines is 1. The number of carbonyl (C=O) groups is 1. The minimum absolute atomic E-state index is 0.00855. The van der Waals surface area contributed by atoms with Gasteiger partial charge in [-0.15, -0.1) is 0 Å². The number of amides is 1. The Morgan fingerprint density at radius 2 is 1.83 bits per heavy atom. The van der Waals surface area contributed by atoms with Crippen LogP contribution in [-0.2, 0) is 4.79 Å². The summed E-state index contributed by atoms with van der Waals surface area (Å²) in [6.45, 7) is 5.89. The second kappa shape index (κ2) is 5.91. The maximum atomic E-state index is 13.3. The molecule has 0 bridgehead atoms. The van der Waals surface area contributed by atoms with Gasteiger partial charge >= 0.3 is 0 Å². The predicted octanol–water partition coefficient (Wildman–Crippen LogP) is 2.68. The van der Waals surface area contributed by atoms with Gasteiger partial charge in [0.2, 0.25) is 5.91 Å². The van der Waals surface area contributed by atoms with Crippen LogP contribution in [0, 0.1) is 11.6 Å². The van der Waals surface area contributed by atoms with E-state index in [0.29, 0.717) is 0 Å². The molecule has 0 heterocycles. The Bertz CT molecular complexity index is 413. The molecule has 1 aromatic carbocycles. The van der Waals surface area contributed by atoms with Crippen molar-refractivity contribution in [1.82, 2.24) is 5.32 Å². The molecule has 0 fully saturated rings. The predicted molar refractivity (Wildman–Crippen MR) is 67.4 cm³/mol. The summed E-state index contributed by atoms with van der Waals surface area (Å²) in [6.07, 6.45) is 0.842. The maximum Gasteiger partial charge on any atom is 0.238 e. The lowest BCUT2D eigenvalue weighted by atomic mass is 10.0. The van der Waals surface area contributed by atoms with E-state index in [4.69, 9.17) is 0 Å². The molecule has 0 saturated carbocycles. The second-order valence-electron chi connectivity index (χ2n) is 4.74. The quantitative estimate of drug-likeness (QED) is 0.850. The van der Waals surface area contributed by atoms with Crippen LogP contribution in [0.5, 0.6) is 0 Å². The van der Waals surface area contributed by atoms with Crippen LogP contribution in [0.25, 0.3) is 0 Å². The van der Waals surface area contributed by atoms with Gasteiger partial charge in [-0.05, 0) is 32.4 Å². The number of benzene rings is 1. The largest absolute Gasteiger partial charge is 0.320 e. The van der Waals surface area contributed by atoms with E-state index in [2.05, 4.69) is 10.6 Å². The Kier molecular flexibility index (Phi) is 4.78. The highest BCUT2D eigenvalue weighted by atomic mass is 19.1. The van der Waals surface area contributed by atoms with Crippen molar-refractivity contribution in [2.45, 2.75) is 32.7 Å². The molecule has 1 amide bonds. The monoisotopic (exact) mass is 256 g/mol. The van der Waals surface area contributed by atoms with E-state index in [-0.39, 0.29) is 12.1 Å². The van der Waals surface area contributed by atoms with Crippen LogP contribution in [0.3, 0.4) is 0 Å². The Labute approximate surface area is 106 Å². The normalized spacial score (nSPS) is 11.4. The van der Waals surface area contributed by atoms with Crippen LogP contribution in [0.15, 0.2) is 18.2 Å². The highest BCUT2D eigenvalue weighted by molar-refractivity contribution is 5.92. The SMILES string of the molecule is CCC(C)(C)NCC(=O)Nc1c(F)cccc1F. The third-order valence-corrected chi connectivity index (χ3v) is 2.84. The smallest absolute Gasteiger partial charge is 0.238 e. The average molecular weight is 256 g/mol. The third kappa shape index (κ3) is 4.07. The number of para-hydroxylation sites is 1. The molecule has 0 saturated heterocycles. The van der Waals surface area contributed by atoms with E-state index in [0.717, 1.165) is 18.6 Å². The fourth-order valence-corrected chi connectivity index (χ4v) is 1.25. The summed E-state index contributed by atoms with van der Waals surface area (Å²) in [5, 5.41) is 5.23. The molecule has 0 aliphatic rings. The van der Waals surface area contributed by atoms with Gasteiger partial charge in [0.15, 0.2) is 0 Å². The fraction of sp³-hybridized carbons (Fsp3) is 0.462. The lowest BCUT2D eigenvalue weighted by molar-refractivity contribution is -0.115. The van der Waals surface area contributed by atoms with E-state index in [1.165, 1.54) is 6.07 Å². The summed E-state index contributed by atoms with van der Waals surface area (Å²) in [6, 6.07) is 3.45.